The summed E-state index contributed by atoms with van der Waals surface area (Å²) in [5.74, 6) is 0.140. The van der Waals surface area contributed by atoms with Gasteiger partial charge in [-0.1, -0.05) is 50.2 Å². The zero-order chi connectivity index (χ0) is 14.4. The summed E-state index contributed by atoms with van der Waals surface area (Å²) in [7, 11) is 0. The van der Waals surface area contributed by atoms with Gasteiger partial charge in [-0.25, -0.2) is 0 Å². The van der Waals surface area contributed by atoms with Crippen molar-refractivity contribution in [2.45, 2.75) is 13.8 Å². The lowest BCUT2D eigenvalue weighted by molar-refractivity contribution is -0.117. The molecule has 0 fully saturated rings. The lowest BCUT2D eigenvalue weighted by atomic mass is 10.1. The van der Waals surface area contributed by atoms with E-state index in [9.17, 15) is 4.79 Å². The van der Waals surface area contributed by atoms with Crippen LogP contribution in [0.2, 0.25) is 0 Å². The first-order chi connectivity index (χ1) is 9.68. The normalized spacial score (nSPS) is 10.9. The smallest absolute Gasteiger partial charge is 0.159 e. The second-order valence-electron chi connectivity index (χ2n) is 4.91. The van der Waals surface area contributed by atoms with Crippen LogP contribution in [0.5, 0.6) is 0 Å². The van der Waals surface area contributed by atoms with Crippen LogP contribution in [-0.2, 0) is 4.79 Å². The molecular weight excluding hydrogens is 246 g/mol. The number of carbonyl (C=O) groups excluding carboxylic acids is 1. The third-order valence-electron chi connectivity index (χ3n) is 3.03. The first kappa shape index (κ1) is 14.1. The monoisotopic (exact) mass is 265 g/mol. The minimum absolute atomic E-state index is 0.0136. The standard InChI is InChI=1S/C18H19NO/c1-15(2)18(20)13-14-19(16-9-5-3-6-10-16)17-11-7-4-8-12-17/h3-15H,1-2H3/b14-13+. The van der Waals surface area contributed by atoms with Gasteiger partial charge in [0.1, 0.15) is 0 Å². The van der Waals surface area contributed by atoms with E-state index in [2.05, 4.69) is 0 Å². The fourth-order valence-corrected chi connectivity index (χ4v) is 1.84. The third kappa shape index (κ3) is 3.58. The van der Waals surface area contributed by atoms with Crippen LogP contribution >= 0.6 is 0 Å². The van der Waals surface area contributed by atoms with Crippen LogP contribution in [0.1, 0.15) is 13.8 Å². The molecule has 0 saturated heterocycles. The van der Waals surface area contributed by atoms with Crippen LogP contribution in [0.3, 0.4) is 0 Å². The molecule has 0 aromatic heterocycles. The molecule has 0 atom stereocenters. The summed E-state index contributed by atoms with van der Waals surface area (Å²) in [6.45, 7) is 3.81. The summed E-state index contributed by atoms with van der Waals surface area (Å²) in [5, 5.41) is 0. The maximum atomic E-state index is 11.8. The van der Waals surface area contributed by atoms with E-state index in [-0.39, 0.29) is 11.7 Å². The first-order valence-corrected chi connectivity index (χ1v) is 6.80. The Balaban J connectivity index is 2.33. The molecule has 0 aliphatic rings. The van der Waals surface area contributed by atoms with E-state index in [1.807, 2.05) is 85.6 Å². The predicted molar refractivity (Wildman–Crippen MR) is 84.0 cm³/mol. The van der Waals surface area contributed by atoms with Gasteiger partial charge in [-0.05, 0) is 30.3 Å². The summed E-state index contributed by atoms with van der Waals surface area (Å²) < 4.78 is 0. The van der Waals surface area contributed by atoms with Gasteiger partial charge in [0.05, 0.1) is 0 Å². The Labute approximate surface area is 120 Å². The van der Waals surface area contributed by atoms with E-state index >= 15 is 0 Å². The van der Waals surface area contributed by atoms with E-state index in [4.69, 9.17) is 0 Å². The number of rotatable bonds is 5. The Morgan fingerprint density at radius 1 is 0.900 bits per heavy atom. The highest BCUT2D eigenvalue weighted by Crippen LogP contribution is 2.25. The van der Waals surface area contributed by atoms with Crippen LogP contribution in [0.15, 0.2) is 72.9 Å². The summed E-state index contributed by atoms with van der Waals surface area (Å²) in [5.41, 5.74) is 2.07. The molecule has 0 bridgehead atoms. The van der Waals surface area contributed by atoms with E-state index in [0.717, 1.165) is 11.4 Å². The molecule has 0 spiro atoms. The molecule has 2 aromatic rings. The van der Waals surface area contributed by atoms with Crippen LogP contribution < -0.4 is 4.90 Å². The lowest BCUT2D eigenvalue weighted by Crippen LogP contribution is -2.10. The molecule has 0 heterocycles. The van der Waals surface area contributed by atoms with Crippen molar-refractivity contribution < 1.29 is 4.79 Å². The van der Waals surface area contributed by atoms with Gasteiger partial charge in [0, 0.05) is 23.5 Å². The van der Waals surface area contributed by atoms with E-state index in [1.165, 1.54) is 0 Å². The Morgan fingerprint density at radius 3 is 1.75 bits per heavy atom. The molecule has 2 aromatic carbocycles. The van der Waals surface area contributed by atoms with Crippen molar-refractivity contribution in [3.63, 3.8) is 0 Å². The molecule has 0 aliphatic carbocycles. The number of carbonyl (C=O) groups is 1. The number of para-hydroxylation sites is 2. The zero-order valence-corrected chi connectivity index (χ0v) is 11.9. The quantitative estimate of drug-likeness (QED) is 0.738. The van der Waals surface area contributed by atoms with Gasteiger partial charge < -0.3 is 4.90 Å². The molecule has 0 N–H and O–H groups in total. The van der Waals surface area contributed by atoms with Crippen LogP contribution in [0.4, 0.5) is 11.4 Å². The van der Waals surface area contributed by atoms with Crippen molar-refractivity contribution in [2.75, 3.05) is 4.90 Å². The van der Waals surface area contributed by atoms with Gasteiger partial charge in [0.25, 0.3) is 0 Å². The van der Waals surface area contributed by atoms with E-state index < -0.39 is 0 Å². The Kier molecular flexibility index (Phi) is 4.72. The number of ketones is 1. The molecule has 0 radical (unpaired) electrons. The fraction of sp³-hybridized carbons (Fsp3) is 0.167. The zero-order valence-electron chi connectivity index (χ0n) is 11.9. The molecule has 0 aliphatic heterocycles. The van der Waals surface area contributed by atoms with E-state index in [1.54, 1.807) is 6.08 Å². The van der Waals surface area contributed by atoms with Crippen LogP contribution in [0.25, 0.3) is 0 Å². The van der Waals surface area contributed by atoms with E-state index in [0.29, 0.717) is 0 Å². The largest absolute Gasteiger partial charge is 0.317 e. The maximum absolute atomic E-state index is 11.8. The second-order valence-corrected chi connectivity index (χ2v) is 4.91. The minimum atomic E-state index is 0.0136. The average Bonchev–Trinajstić information content (AvgIpc) is 2.49. The highest BCUT2D eigenvalue weighted by Gasteiger charge is 2.07. The predicted octanol–water partition coefficient (Wildman–Crippen LogP) is 4.56. The molecule has 2 rings (SSSR count). The molecule has 2 heteroatoms. The highest BCUT2D eigenvalue weighted by molar-refractivity contribution is 5.91. The molecule has 0 amide bonds. The van der Waals surface area contributed by atoms with Gasteiger partial charge >= 0.3 is 0 Å². The number of hydrogen-bond donors (Lipinski definition) is 0. The maximum Gasteiger partial charge on any atom is 0.159 e. The van der Waals surface area contributed by atoms with Crippen molar-refractivity contribution in [1.29, 1.82) is 0 Å². The molecular formula is C18H19NO. The Morgan fingerprint density at radius 2 is 1.35 bits per heavy atom. The molecule has 0 saturated carbocycles. The second kappa shape index (κ2) is 6.71. The number of nitrogens with zero attached hydrogens (tertiary/aromatic N) is 1. The number of benzene rings is 2. The van der Waals surface area contributed by atoms with Crippen molar-refractivity contribution in [1.82, 2.24) is 0 Å². The molecule has 20 heavy (non-hydrogen) atoms. The lowest BCUT2D eigenvalue weighted by Gasteiger charge is -2.20. The van der Waals surface area contributed by atoms with Gasteiger partial charge in [-0.15, -0.1) is 0 Å². The highest BCUT2D eigenvalue weighted by atomic mass is 16.1. The number of hydrogen-bond acceptors (Lipinski definition) is 2. The SMILES string of the molecule is CC(C)C(=O)/C=C/N(c1ccccc1)c1ccccc1. The van der Waals surface area contributed by atoms with Gasteiger partial charge in [0.2, 0.25) is 0 Å². The van der Waals surface area contributed by atoms with Crippen molar-refractivity contribution in [3.8, 4) is 0 Å². The van der Waals surface area contributed by atoms with Gasteiger partial charge in [0.15, 0.2) is 5.78 Å². The Hall–Kier alpha value is -2.35. The van der Waals surface area contributed by atoms with Crippen molar-refractivity contribution in [2.24, 2.45) is 5.92 Å². The summed E-state index contributed by atoms with van der Waals surface area (Å²) >= 11 is 0. The topological polar surface area (TPSA) is 20.3 Å². The molecule has 2 nitrogen and oxygen atoms in total. The van der Waals surface area contributed by atoms with Crippen LogP contribution in [0, 0.1) is 5.92 Å². The number of allylic oxidation sites excluding steroid dienone is 1. The Bertz CT molecular complexity index is 533. The minimum Gasteiger partial charge on any atom is -0.317 e. The van der Waals surface area contributed by atoms with Gasteiger partial charge in [-0.3, -0.25) is 4.79 Å². The summed E-state index contributed by atoms with van der Waals surface area (Å²) in [6, 6.07) is 20.0. The third-order valence-corrected chi connectivity index (χ3v) is 3.03. The van der Waals surface area contributed by atoms with Crippen LogP contribution in [-0.4, -0.2) is 5.78 Å². The fourth-order valence-electron chi connectivity index (χ4n) is 1.84. The van der Waals surface area contributed by atoms with Gasteiger partial charge in [-0.2, -0.15) is 0 Å². The summed E-state index contributed by atoms with van der Waals surface area (Å²) in [6.07, 6.45) is 3.48. The van der Waals surface area contributed by atoms with Crippen molar-refractivity contribution in [3.05, 3.63) is 72.9 Å². The van der Waals surface area contributed by atoms with Crippen molar-refractivity contribution >= 4 is 17.2 Å². The molecule has 0 unspecified atom stereocenters. The first-order valence-electron chi connectivity index (χ1n) is 6.80. The number of anilines is 2. The summed E-state index contributed by atoms with van der Waals surface area (Å²) in [4.78, 5) is 13.8. The average molecular weight is 265 g/mol. The molecule has 102 valence electrons.